The van der Waals surface area contributed by atoms with Gasteiger partial charge in [-0.1, -0.05) is 32.1 Å². The number of hydroxylamine groups is 1. The molecule has 1 amide bonds. The fourth-order valence-corrected chi connectivity index (χ4v) is 4.47. The van der Waals surface area contributed by atoms with Gasteiger partial charge in [-0.25, -0.2) is 5.48 Å². The summed E-state index contributed by atoms with van der Waals surface area (Å²) in [5.41, 5.74) is 2.97. The molecule has 5 nitrogen and oxygen atoms in total. The number of carbonyl (C=O) groups is 1. The maximum Gasteiger partial charge on any atom is 0.245 e. The van der Waals surface area contributed by atoms with Crippen molar-refractivity contribution in [1.82, 2.24) is 5.48 Å². The Labute approximate surface area is 150 Å². The summed E-state index contributed by atoms with van der Waals surface area (Å²) in [6.45, 7) is 4.49. The predicted molar refractivity (Wildman–Crippen MR) is 96.8 cm³/mol. The van der Waals surface area contributed by atoms with Gasteiger partial charge in [0.15, 0.2) is 0 Å². The Morgan fingerprint density at radius 1 is 1.32 bits per heavy atom. The molecule has 0 aromatic rings. The minimum atomic E-state index is -0.929. The maximum atomic E-state index is 11.1. The molecule has 25 heavy (non-hydrogen) atoms. The van der Waals surface area contributed by atoms with Gasteiger partial charge >= 0.3 is 0 Å². The molecule has 2 unspecified atom stereocenters. The number of hydrogen-bond donors (Lipinski definition) is 4. The first-order chi connectivity index (χ1) is 11.9. The quantitative estimate of drug-likeness (QED) is 0.400. The maximum absolute atomic E-state index is 11.1. The monoisotopic (exact) mass is 351 g/mol. The van der Waals surface area contributed by atoms with Crippen molar-refractivity contribution >= 4 is 5.91 Å². The lowest BCUT2D eigenvalue weighted by atomic mass is 9.65. The molecule has 0 saturated carbocycles. The zero-order valence-corrected chi connectivity index (χ0v) is 15.4. The van der Waals surface area contributed by atoms with Crippen LogP contribution in [0, 0.1) is 23.7 Å². The van der Waals surface area contributed by atoms with Crippen molar-refractivity contribution in [2.45, 2.75) is 71.0 Å². The van der Waals surface area contributed by atoms with Gasteiger partial charge in [0.1, 0.15) is 0 Å². The Balaban J connectivity index is 1.90. The summed E-state index contributed by atoms with van der Waals surface area (Å²) in [6.07, 6.45) is 10.6. The molecular weight excluding hydrogens is 318 g/mol. The molecule has 0 spiro atoms. The molecule has 0 saturated heterocycles. The number of aliphatic hydroxyl groups excluding tert-OH is 2. The van der Waals surface area contributed by atoms with Crippen molar-refractivity contribution in [2.75, 3.05) is 0 Å². The lowest BCUT2D eigenvalue weighted by Crippen LogP contribution is -2.31. The molecule has 2 aliphatic carbocycles. The minimum Gasteiger partial charge on any atom is -0.393 e. The highest BCUT2D eigenvalue weighted by Crippen LogP contribution is 2.44. The van der Waals surface area contributed by atoms with E-state index in [1.807, 2.05) is 0 Å². The number of fused-ring (bicyclic) bond motifs is 1. The second-order valence-corrected chi connectivity index (χ2v) is 7.78. The summed E-state index contributed by atoms with van der Waals surface area (Å²) >= 11 is 0. The van der Waals surface area contributed by atoms with Crippen molar-refractivity contribution in [3.05, 3.63) is 23.8 Å². The highest BCUT2D eigenvalue weighted by atomic mass is 16.5. The molecule has 4 N–H and O–H groups in total. The van der Waals surface area contributed by atoms with Crippen LogP contribution in [0.25, 0.3) is 0 Å². The Hall–Kier alpha value is -1.17. The van der Waals surface area contributed by atoms with E-state index < -0.39 is 18.1 Å². The summed E-state index contributed by atoms with van der Waals surface area (Å²) in [6, 6.07) is 0. The number of allylic oxidation sites excluding steroid dienone is 4. The van der Waals surface area contributed by atoms with E-state index in [9.17, 15) is 15.0 Å². The second kappa shape index (κ2) is 9.51. The number of rotatable bonds is 8. The highest BCUT2D eigenvalue weighted by Gasteiger charge is 2.34. The van der Waals surface area contributed by atoms with Crippen LogP contribution in [0.1, 0.15) is 58.8 Å². The van der Waals surface area contributed by atoms with Crippen LogP contribution in [-0.2, 0) is 4.79 Å². The summed E-state index contributed by atoms with van der Waals surface area (Å²) in [5.74, 6) is 1.69. The van der Waals surface area contributed by atoms with Crippen LogP contribution >= 0.6 is 0 Å². The summed E-state index contributed by atoms with van der Waals surface area (Å²) in [5, 5.41) is 28.6. The van der Waals surface area contributed by atoms with E-state index in [0.29, 0.717) is 30.1 Å². The summed E-state index contributed by atoms with van der Waals surface area (Å²) < 4.78 is 0. The first-order valence-electron chi connectivity index (χ1n) is 9.63. The molecule has 0 aromatic carbocycles. The van der Waals surface area contributed by atoms with Gasteiger partial charge in [-0.2, -0.15) is 0 Å². The van der Waals surface area contributed by atoms with Crippen LogP contribution in [0.4, 0.5) is 0 Å². The van der Waals surface area contributed by atoms with Crippen LogP contribution < -0.4 is 5.48 Å². The summed E-state index contributed by atoms with van der Waals surface area (Å²) in [4.78, 5) is 11.1. The van der Waals surface area contributed by atoms with E-state index in [1.54, 1.807) is 0 Å². The molecule has 2 rings (SSSR count). The lowest BCUT2D eigenvalue weighted by molar-refractivity contribution is -0.131. The fourth-order valence-electron chi connectivity index (χ4n) is 4.47. The van der Waals surface area contributed by atoms with E-state index in [4.69, 9.17) is 5.21 Å². The number of nitrogens with one attached hydrogen (secondary N) is 1. The topological polar surface area (TPSA) is 89.8 Å². The molecular formula is C20H33NO4. The van der Waals surface area contributed by atoms with Gasteiger partial charge in [-0.15, -0.1) is 0 Å². The van der Waals surface area contributed by atoms with Crippen molar-refractivity contribution in [3.8, 4) is 0 Å². The van der Waals surface area contributed by atoms with E-state index in [1.165, 1.54) is 23.9 Å². The van der Waals surface area contributed by atoms with Crippen molar-refractivity contribution in [3.63, 3.8) is 0 Å². The Kier molecular flexibility index (Phi) is 7.66. The van der Waals surface area contributed by atoms with Gasteiger partial charge in [0, 0.05) is 0 Å². The van der Waals surface area contributed by atoms with Gasteiger partial charge in [0.2, 0.25) is 5.91 Å². The van der Waals surface area contributed by atoms with Crippen LogP contribution in [0.15, 0.2) is 23.8 Å². The van der Waals surface area contributed by atoms with Gasteiger partial charge in [0.25, 0.3) is 0 Å². The molecule has 142 valence electrons. The molecule has 0 aromatic heterocycles. The number of hydrogen-bond acceptors (Lipinski definition) is 4. The van der Waals surface area contributed by atoms with E-state index >= 15 is 0 Å². The number of amides is 1. The first kappa shape index (κ1) is 20.1. The molecule has 0 aliphatic heterocycles. The third-order valence-corrected chi connectivity index (χ3v) is 5.84. The smallest absolute Gasteiger partial charge is 0.245 e. The fraction of sp³-hybridized carbons (Fsp3) is 0.750. The number of carbonyl (C=O) groups excluding carboxylic acids is 1. The third kappa shape index (κ3) is 5.66. The van der Waals surface area contributed by atoms with Crippen molar-refractivity contribution in [1.29, 1.82) is 0 Å². The van der Waals surface area contributed by atoms with Crippen LogP contribution in [-0.4, -0.2) is 33.5 Å². The lowest BCUT2D eigenvalue weighted by Gasteiger charge is -2.40. The highest BCUT2D eigenvalue weighted by molar-refractivity contribution is 5.75. The normalized spacial score (nSPS) is 31.0. The largest absolute Gasteiger partial charge is 0.393 e. The van der Waals surface area contributed by atoms with Crippen molar-refractivity contribution < 1.29 is 20.2 Å². The van der Waals surface area contributed by atoms with E-state index in [-0.39, 0.29) is 12.8 Å². The van der Waals surface area contributed by atoms with Gasteiger partial charge in [-0.3, -0.25) is 10.0 Å². The molecule has 0 bridgehead atoms. The molecule has 0 radical (unpaired) electrons. The molecule has 6 atom stereocenters. The van der Waals surface area contributed by atoms with Crippen molar-refractivity contribution in [2.24, 2.45) is 23.7 Å². The minimum absolute atomic E-state index is 0.164. The predicted octanol–water partition coefficient (Wildman–Crippen LogP) is 2.96. The molecule has 0 heterocycles. The van der Waals surface area contributed by atoms with E-state index in [2.05, 4.69) is 32.1 Å². The molecule has 0 fully saturated rings. The van der Waals surface area contributed by atoms with Crippen LogP contribution in [0.3, 0.4) is 0 Å². The molecule has 2 aliphatic rings. The summed E-state index contributed by atoms with van der Waals surface area (Å²) in [7, 11) is 0. The van der Waals surface area contributed by atoms with Gasteiger partial charge < -0.3 is 10.2 Å². The Bertz CT molecular complexity index is 502. The average Bonchev–Trinajstić information content (AvgIpc) is 2.58. The average molecular weight is 351 g/mol. The zero-order valence-electron chi connectivity index (χ0n) is 15.4. The van der Waals surface area contributed by atoms with Crippen LogP contribution in [0.5, 0.6) is 0 Å². The van der Waals surface area contributed by atoms with Gasteiger partial charge in [0.05, 0.1) is 18.6 Å². The van der Waals surface area contributed by atoms with E-state index in [0.717, 1.165) is 12.8 Å². The zero-order chi connectivity index (χ0) is 18.4. The third-order valence-electron chi connectivity index (χ3n) is 5.84. The SMILES string of the molecule is CCC1C=CC2=C[C@H](C)CC[C@@H]2[C@H]1CC[C@@H](O)CC(O)CC(=O)NO. The Morgan fingerprint density at radius 2 is 2.08 bits per heavy atom. The van der Waals surface area contributed by atoms with Gasteiger partial charge in [-0.05, 0) is 67.8 Å². The number of aliphatic hydroxyl groups is 2. The Morgan fingerprint density at radius 3 is 2.76 bits per heavy atom. The first-order valence-corrected chi connectivity index (χ1v) is 9.63. The molecule has 5 heteroatoms. The standard InChI is InChI=1S/C20H33NO4/c1-3-14-5-6-15-10-13(2)4-8-19(15)18(14)9-7-16(22)11-17(23)12-20(24)21-25/h5-6,10,13-14,16-19,22-23,25H,3-4,7-9,11-12H2,1-2H3,(H,21,24)/t13-,14?,16-,17?,18+,19+/m1/s1. The van der Waals surface area contributed by atoms with Crippen LogP contribution in [0.2, 0.25) is 0 Å². The second-order valence-electron chi connectivity index (χ2n) is 7.78.